The molecule has 1 aromatic rings. The van der Waals surface area contributed by atoms with Crippen molar-refractivity contribution in [3.05, 3.63) is 17.8 Å². The van der Waals surface area contributed by atoms with Crippen LogP contribution in [0.2, 0.25) is 0 Å². The number of amides is 2. The summed E-state index contributed by atoms with van der Waals surface area (Å²) in [6.45, 7) is 17.4. The standard InChI is InChI=1S/C35H57N3O7/c1-9-25-19-36-31(18-30(25)44-11-3)38(26-15-16-26)33(41)28-21-37(34(42)45-35(6,7)8)20-27(32(28)40)29(39)14-12-13-24(17-23(4)5)22-43-10-2/h18-19,23-24,26-28,32,40H,9-17,20-22H2,1-8H3/t24-,27+,28+,32-/m1/s1. The van der Waals surface area contributed by atoms with Gasteiger partial charge in [0.25, 0.3) is 0 Å². The summed E-state index contributed by atoms with van der Waals surface area (Å²) in [6, 6.07) is 1.73. The predicted molar refractivity (Wildman–Crippen MR) is 174 cm³/mol. The van der Waals surface area contributed by atoms with E-state index in [0.717, 1.165) is 37.7 Å². The molecule has 1 saturated heterocycles. The molecule has 254 valence electrons. The fraction of sp³-hybridized carbons (Fsp3) is 0.771. The molecule has 3 rings (SSSR count). The van der Waals surface area contributed by atoms with Crippen LogP contribution in [0.15, 0.2) is 12.3 Å². The van der Waals surface area contributed by atoms with E-state index in [4.69, 9.17) is 14.2 Å². The molecule has 10 nitrogen and oxygen atoms in total. The average molecular weight is 632 g/mol. The molecule has 2 amide bonds. The molecule has 45 heavy (non-hydrogen) atoms. The lowest BCUT2D eigenvalue weighted by atomic mass is 9.81. The Labute approximate surface area is 270 Å². The minimum atomic E-state index is -1.24. The van der Waals surface area contributed by atoms with Gasteiger partial charge in [0.05, 0.1) is 24.5 Å². The number of hydrogen-bond acceptors (Lipinski definition) is 8. The van der Waals surface area contributed by atoms with E-state index in [1.807, 2.05) is 20.8 Å². The molecule has 0 bridgehead atoms. The number of pyridine rings is 1. The number of aryl methyl sites for hydroxylation is 1. The highest BCUT2D eigenvalue weighted by atomic mass is 16.6. The van der Waals surface area contributed by atoms with Gasteiger partial charge in [-0.1, -0.05) is 20.8 Å². The van der Waals surface area contributed by atoms with Gasteiger partial charge in [-0.25, -0.2) is 9.78 Å². The first-order valence-electron chi connectivity index (χ1n) is 17.0. The molecule has 0 aromatic carbocycles. The van der Waals surface area contributed by atoms with Gasteiger partial charge in [-0.15, -0.1) is 0 Å². The van der Waals surface area contributed by atoms with Crippen LogP contribution in [0.3, 0.4) is 0 Å². The molecule has 1 aliphatic carbocycles. The van der Waals surface area contributed by atoms with Gasteiger partial charge < -0.3 is 24.2 Å². The van der Waals surface area contributed by atoms with Crippen LogP contribution in [0.5, 0.6) is 5.75 Å². The number of ether oxygens (including phenoxy) is 3. The van der Waals surface area contributed by atoms with Gasteiger partial charge >= 0.3 is 6.09 Å². The molecular weight excluding hydrogens is 574 g/mol. The summed E-state index contributed by atoms with van der Waals surface area (Å²) in [5, 5.41) is 11.7. The van der Waals surface area contributed by atoms with Crippen LogP contribution in [0.1, 0.15) is 99.5 Å². The van der Waals surface area contributed by atoms with Crippen LogP contribution in [0, 0.1) is 23.7 Å². The van der Waals surface area contributed by atoms with Crippen LogP contribution < -0.4 is 9.64 Å². The molecule has 1 saturated carbocycles. The zero-order valence-electron chi connectivity index (χ0n) is 28.8. The van der Waals surface area contributed by atoms with Crippen molar-refractivity contribution >= 4 is 23.6 Å². The number of carbonyl (C=O) groups is 3. The van der Waals surface area contributed by atoms with Gasteiger partial charge in [0.2, 0.25) is 5.91 Å². The van der Waals surface area contributed by atoms with E-state index in [2.05, 4.69) is 18.8 Å². The lowest BCUT2D eigenvalue weighted by Gasteiger charge is -2.42. The predicted octanol–water partition coefficient (Wildman–Crippen LogP) is 5.82. The zero-order valence-corrected chi connectivity index (χ0v) is 28.8. The quantitative estimate of drug-likeness (QED) is 0.243. The van der Waals surface area contributed by atoms with Crippen molar-refractivity contribution in [2.75, 3.05) is 37.8 Å². The Morgan fingerprint density at radius 1 is 1.09 bits per heavy atom. The summed E-state index contributed by atoms with van der Waals surface area (Å²) < 4.78 is 17.2. The Morgan fingerprint density at radius 3 is 2.36 bits per heavy atom. The van der Waals surface area contributed by atoms with Gasteiger partial charge in [0, 0.05) is 56.6 Å². The Bertz CT molecular complexity index is 1130. The summed E-state index contributed by atoms with van der Waals surface area (Å²) in [7, 11) is 0. The van der Waals surface area contributed by atoms with Crippen molar-refractivity contribution in [1.29, 1.82) is 0 Å². The van der Waals surface area contributed by atoms with Crippen molar-refractivity contribution in [1.82, 2.24) is 9.88 Å². The molecular formula is C35H57N3O7. The molecule has 1 aliphatic heterocycles. The SMILES string of the molecule is CCOC[C@H](CCCC(=O)[C@@H]1CN(C(=O)OC(C)(C)C)C[C@H](C(=O)N(c2cc(OCC)c(CC)cn2)C2CC2)[C@@H]1O)CC(C)C. The summed E-state index contributed by atoms with van der Waals surface area (Å²) >= 11 is 0. The average Bonchev–Trinajstić information content (AvgIpc) is 3.80. The Kier molecular flexibility index (Phi) is 13.7. The smallest absolute Gasteiger partial charge is 0.410 e. The summed E-state index contributed by atoms with van der Waals surface area (Å²) in [6.07, 6.45) is 5.02. The maximum atomic E-state index is 14.3. The highest BCUT2D eigenvalue weighted by Crippen LogP contribution is 2.37. The largest absolute Gasteiger partial charge is 0.493 e. The van der Waals surface area contributed by atoms with Crippen molar-refractivity contribution in [2.24, 2.45) is 23.7 Å². The molecule has 0 unspecified atom stereocenters. The second kappa shape index (κ2) is 16.7. The van der Waals surface area contributed by atoms with Crippen molar-refractivity contribution < 1.29 is 33.7 Å². The topological polar surface area (TPSA) is 118 Å². The second-order valence-electron chi connectivity index (χ2n) is 14.0. The number of ketones is 1. The van der Waals surface area contributed by atoms with Gasteiger partial charge in [0.15, 0.2) is 0 Å². The normalized spacial score (nSPS) is 21.0. The van der Waals surface area contributed by atoms with E-state index in [1.165, 1.54) is 4.90 Å². The molecule has 0 radical (unpaired) electrons. The molecule has 1 aromatic heterocycles. The number of aromatic nitrogens is 1. The van der Waals surface area contributed by atoms with Crippen LogP contribution in [-0.4, -0.2) is 83.4 Å². The summed E-state index contributed by atoms with van der Waals surface area (Å²) in [4.78, 5) is 49.0. The Balaban J connectivity index is 1.85. The number of rotatable bonds is 16. The fourth-order valence-corrected chi connectivity index (χ4v) is 6.14. The van der Waals surface area contributed by atoms with E-state index in [-0.39, 0.29) is 37.2 Å². The molecule has 0 spiro atoms. The Morgan fingerprint density at radius 2 is 1.78 bits per heavy atom. The third-order valence-corrected chi connectivity index (χ3v) is 8.45. The fourth-order valence-electron chi connectivity index (χ4n) is 6.14. The molecule has 10 heteroatoms. The Hall–Kier alpha value is -2.72. The molecule has 2 heterocycles. The van der Waals surface area contributed by atoms with Gasteiger partial charge in [-0.3, -0.25) is 14.5 Å². The first-order valence-corrected chi connectivity index (χ1v) is 17.0. The highest BCUT2D eigenvalue weighted by molar-refractivity contribution is 5.97. The van der Waals surface area contributed by atoms with Crippen LogP contribution >= 0.6 is 0 Å². The second-order valence-corrected chi connectivity index (χ2v) is 14.0. The number of carbonyl (C=O) groups excluding carboxylic acids is 3. The molecule has 1 N–H and O–H groups in total. The van der Waals surface area contributed by atoms with Gasteiger partial charge in [-0.05, 0) is 85.0 Å². The van der Waals surface area contributed by atoms with E-state index in [1.54, 1.807) is 37.9 Å². The van der Waals surface area contributed by atoms with E-state index in [0.29, 0.717) is 49.6 Å². The van der Waals surface area contributed by atoms with Gasteiger partial charge in [-0.2, -0.15) is 0 Å². The molecule has 2 fully saturated rings. The van der Waals surface area contributed by atoms with Crippen LogP contribution in [0.25, 0.3) is 0 Å². The minimum Gasteiger partial charge on any atom is -0.493 e. The number of nitrogens with zero attached hydrogens (tertiary/aromatic N) is 3. The van der Waals surface area contributed by atoms with Gasteiger partial charge in [0.1, 0.15) is 23.0 Å². The maximum Gasteiger partial charge on any atom is 0.410 e. The summed E-state index contributed by atoms with van der Waals surface area (Å²) in [5.74, 6) is -0.385. The highest BCUT2D eigenvalue weighted by Gasteiger charge is 2.48. The first-order chi connectivity index (χ1) is 21.3. The number of piperidine rings is 1. The monoisotopic (exact) mass is 631 g/mol. The number of likely N-dealkylation sites (tertiary alicyclic amines) is 1. The third-order valence-electron chi connectivity index (χ3n) is 8.45. The third kappa shape index (κ3) is 10.7. The lowest BCUT2D eigenvalue weighted by Crippen LogP contribution is -2.59. The summed E-state index contributed by atoms with van der Waals surface area (Å²) in [5.41, 5.74) is 0.193. The van der Waals surface area contributed by atoms with Crippen LogP contribution in [0.4, 0.5) is 10.6 Å². The molecule has 4 atom stereocenters. The van der Waals surface area contributed by atoms with Crippen molar-refractivity contribution in [3.63, 3.8) is 0 Å². The number of aliphatic hydroxyl groups is 1. The number of hydrogen-bond donors (Lipinski definition) is 1. The van der Waals surface area contributed by atoms with E-state index in [9.17, 15) is 19.5 Å². The van der Waals surface area contributed by atoms with E-state index >= 15 is 0 Å². The number of Topliss-reactive ketones (excluding diaryl/α,β-unsaturated/α-hetero) is 1. The first kappa shape index (κ1) is 36.7. The van der Waals surface area contributed by atoms with Crippen molar-refractivity contribution in [3.8, 4) is 5.75 Å². The maximum absolute atomic E-state index is 14.3. The van der Waals surface area contributed by atoms with Crippen LogP contribution in [-0.2, 0) is 25.5 Å². The number of anilines is 1. The van der Waals surface area contributed by atoms with E-state index < -0.39 is 29.6 Å². The molecule has 2 aliphatic rings. The minimum absolute atomic E-state index is 0.00836. The van der Waals surface area contributed by atoms with Crippen molar-refractivity contribution in [2.45, 2.75) is 118 Å². The lowest BCUT2D eigenvalue weighted by molar-refractivity contribution is -0.139. The zero-order chi connectivity index (χ0) is 33.3. The number of aliphatic hydroxyl groups excluding tert-OH is 1.